The molecule has 1 aliphatic heterocycles. The summed E-state index contributed by atoms with van der Waals surface area (Å²) in [5.41, 5.74) is 0. The van der Waals surface area contributed by atoms with Gasteiger partial charge in [0, 0.05) is 13.1 Å². The lowest BCUT2D eigenvalue weighted by molar-refractivity contribution is 0.108. The maximum Gasteiger partial charge on any atom is 0.252 e. The fourth-order valence-electron chi connectivity index (χ4n) is 1.70. The molecule has 2 heterocycles. The summed E-state index contributed by atoms with van der Waals surface area (Å²) in [6, 6.07) is 3.31. The monoisotopic (exact) mass is 325 g/mol. The molecular weight excluding hydrogens is 314 g/mol. The third-order valence-electron chi connectivity index (χ3n) is 2.50. The maximum absolute atomic E-state index is 12.2. The molecule has 0 unspecified atom stereocenters. The van der Waals surface area contributed by atoms with E-state index in [2.05, 4.69) is 15.9 Å². The van der Waals surface area contributed by atoms with Crippen LogP contribution in [0.1, 0.15) is 12.8 Å². The first-order chi connectivity index (χ1) is 7.50. The normalized spacial score (nSPS) is 23.5. The van der Waals surface area contributed by atoms with E-state index in [9.17, 15) is 13.5 Å². The molecule has 1 saturated heterocycles. The Morgan fingerprint density at radius 3 is 2.81 bits per heavy atom. The van der Waals surface area contributed by atoms with E-state index in [4.69, 9.17) is 0 Å². The van der Waals surface area contributed by atoms with Crippen molar-refractivity contribution in [1.82, 2.24) is 4.31 Å². The van der Waals surface area contributed by atoms with Crippen molar-refractivity contribution in [2.45, 2.75) is 23.2 Å². The number of rotatable bonds is 2. The summed E-state index contributed by atoms with van der Waals surface area (Å²) in [6.45, 7) is 0.701. The van der Waals surface area contributed by atoms with Gasteiger partial charge in [0.1, 0.15) is 4.21 Å². The second kappa shape index (κ2) is 4.73. The van der Waals surface area contributed by atoms with Crippen LogP contribution in [0.2, 0.25) is 0 Å². The highest BCUT2D eigenvalue weighted by Gasteiger charge is 2.30. The number of halogens is 1. The fourth-order valence-corrected chi connectivity index (χ4v) is 5.38. The van der Waals surface area contributed by atoms with E-state index >= 15 is 0 Å². The van der Waals surface area contributed by atoms with E-state index in [0.29, 0.717) is 23.6 Å². The maximum atomic E-state index is 12.2. The molecule has 2 rings (SSSR count). The zero-order chi connectivity index (χ0) is 11.8. The molecule has 0 spiro atoms. The molecule has 16 heavy (non-hydrogen) atoms. The fraction of sp³-hybridized carbons (Fsp3) is 0.556. The van der Waals surface area contributed by atoms with Crippen molar-refractivity contribution in [3.8, 4) is 0 Å². The summed E-state index contributed by atoms with van der Waals surface area (Å²) >= 11 is 4.44. The third-order valence-corrected chi connectivity index (χ3v) is 6.46. The minimum atomic E-state index is -3.41. The molecule has 0 amide bonds. The van der Waals surface area contributed by atoms with Gasteiger partial charge in [-0.25, -0.2) is 8.42 Å². The van der Waals surface area contributed by atoms with Crippen LogP contribution >= 0.6 is 27.3 Å². The Balaban J connectivity index is 2.25. The van der Waals surface area contributed by atoms with E-state index in [1.807, 2.05) is 0 Å². The van der Waals surface area contributed by atoms with Crippen LogP contribution in [0.25, 0.3) is 0 Å². The lowest BCUT2D eigenvalue weighted by Crippen LogP contribution is -2.41. The first-order valence-electron chi connectivity index (χ1n) is 4.94. The van der Waals surface area contributed by atoms with Crippen LogP contribution in [0.5, 0.6) is 0 Å². The van der Waals surface area contributed by atoms with Gasteiger partial charge < -0.3 is 5.11 Å². The number of piperidine rings is 1. The van der Waals surface area contributed by atoms with E-state index < -0.39 is 16.1 Å². The smallest absolute Gasteiger partial charge is 0.252 e. The number of hydrogen-bond acceptors (Lipinski definition) is 4. The predicted octanol–water partition coefficient (Wildman–Crippen LogP) is 1.66. The second-order valence-electron chi connectivity index (χ2n) is 3.72. The first kappa shape index (κ1) is 12.5. The molecule has 1 N–H and O–H groups in total. The van der Waals surface area contributed by atoms with Crippen molar-refractivity contribution in [3.05, 3.63) is 15.9 Å². The lowest BCUT2D eigenvalue weighted by Gasteiger charge is -2.28. The first-order valence-corrected chi connectivity index (χ1v) is 7.98. The zero-order valence-corrected chi connectivity index (χ0v) is 11.7. The van der Waals surface area contributed by atoms with Gasteiger partial charge in [-0.05, 0) is 40.9 Å². The number of hydrogen-bond donors (Lipinski definition) is 1. The Morgan fingerprint density at radius 2 is 2.25 bits per heavy atom. The van der Waals surface area contributed by atoms with Crippen molar-refractivity contribution in [2.24, 2.45) is 0 Å². The van der Waals surface area contributed by atoms with Gasteiger partial charge in [-0.1, -0.05) is 0 Å². The highest BCUT2D eigenvalue weighted by molar-refractivity contribution is 9.11. The summed E-state index contributed by atoms with van der Waals surface area (Å²) in [5, 5.41) is 9.48. The molecule has 0 radical (unpaired) electrons. The van der Waals surface area contributed by atoms with Gasteiger partial charge in [0.2, 0.25) is 0 Å². The van der Waals surface area contributed by atoms with Gasteiger partial charge in [0.05, 0.1) is 9.89 Å². The summed E-state index contributed by atoms with van der Waals surface area (Å²) in [4.78, 5) is 0. The Bertz CT molecular complexity index is 471. The molecule has 4 nitrogen and oxygen atoms in total. The molecule has 0 aromatic carbocycles. The van der Waals surface area contributed by atoms with Crippen molar-refractivity contribution >= 4 is 37.3 Å². The molecule has 1 aromatic rings. The Labute approximate surface area is 107 Å². The van der Waals surface area contributed by atoms with Gasteiger partial charge in [-0.3, -0.25) is 0 Å². The molecule has 0 saturated carbocycles. The van der Waals surface area contributed by atoms with E-state index in [1.54, 1.807) is 12.1 Å². The average molecular weight is 326 g/mol. The standard InChI is InChI=1S/C9H12BrNO3S2/c10-8-3-4-9(15-8)16(13,14)11-5-1-2-7(12)6-11/h3-4,7,12H,1-2,5-6H2/t7-/m1/s1. The molecule has 90 valence electrons. The number of nitrogens with zero attached hydrogens (tertiary/aromatic N) is 1. The molecule has 0 bridgehead atoms. The van der Waals surface area contributed by atoms with Gasteiger partial charge in [0.25, 0.3) is 10.0 Å². The average Bonchev–Trinajstić information content (AvgIpc) is 2.65. The van der Waals surface area contributed by atoms with Gasteiger partial charge >= 0.3 is 0 Å². The van der Waals surface area contributed by atoms with E-state index in [0.717, 1.165) is 3.79 Å². The molecular formula is C9H12BrNO3S2. The summed E-state index contributed by atoms with van der Waals surface area (Å²) in [5.74, 6) is 0. The molecule has 1 aliphatic rings. The van der Waals surface area contributed by atoms with Gasteiger partial charge in [-0.2, -0.15) is 4.31 Å². The number of aliphatic hydroxyl groups excluding tert-OH is 1. The Morgan fingerprint density at radius 1 is 1.50 bits per heavy atom. The Kier molecular flexibility index (Phi) is 3.70. The third kappa shape index (κ3) is 2.48. The van der Waals surface area contributed by atoms with Gasteiger partial charge in [-0.15, -0.1) is 11.3 Å². The topological polar surface area (TPSA) is 57.6 Å². The second-order valence-corrected chi connectivity index (χ2v) is 8.35. The number of sulfonamides is 1. The minimum Gasteiger partial charge on any atom is -0.392 e. The molecule has 1 atom stereocenters. The quantitative estimate of drug-likeness (QED) is 0.899. The molecule has 7 heteroatoms. The van der Waals surface area contributed by atoms with Crippen LogP contribution in [-0.2, 0) is 10.0 Å². The molecule has 0 aliphatic carbocycles. The van der Waals surface area contributed by atoms with Crippen LogP contribution in [0.3, 0.4) is 0 Å². The summed E-state index contributed by atoms with van der Waals surface area (Å²) in [7, 11) is -3.41. The Hall–Kier alpha value is 0.0500. The highest BCUT2D eigenvalue weighted by atomic mass is 79.9. The van der Waals surface area contributed by atoms with Crippen LogP contribution in [0.4, 0.5) is 0 Å². The highest BCUT2D eigenvalue weighted by Crippen LogP contribution is 2.29. The van der Waals surface area contributed by atoms with Crippen LogP contribution in [0.15, 0.2) is 20.1 Å². The summed E-state index contributed by atoms with van der Waals surface area (Å²) in [6.07, 6.45) is 0.861. The van der Waals surface area contributed by atoms with Crippen molar-refractivity contribution in [2.75, 3.05) is 13.1 Å². The SMILES string of the molecule is O=S(=O)(c1ccc(Br)s1)N1CCC[C@@H](O)C1. The largest absolute Gasteiger partial charge is 0.392 e. The zero-order valence-electron chi connectivity index (χ0n) is 8.47. The van der Waals surface area contributed by atoms with Crippen LogP contribution in [-0.4, -0.2) is 37.0 Å². The minimum absolute atomic E-state index is 0.206. The molecule has 1 aromatic heterocycles. The number of β-amino-alcohol motifs (C(OH)–C–C–N with tert-alkyl or cyclic N) is 1. The van der Waals surface area contributed by atoms with E-state index in [-0.39, 0.29) is 6.54 Å². The van der Waals surface area contributed by atoms with Crippen LogP contribution in [0, 0.1) is 0 Å². The summed E-state index contributed by atoms with van der Waals surface area (Å²) < 4.78 is 26.8. The number of thiophene rings is 1. The van der Waals surface area contributed by atoms with Crippen molar-refractivity contribution < 1.29 is 13.5 Å². The lowest BCUT2D eigenvalue weighted by atomic mass is 10.1. The van der Waals surface area contributed by atoms with Crippen molar-refractivity contribution in [3.63, 3.8) is 0 Å². The molecule has 1 fully saturated rings. The predicted molar refractivity (Wildman–Crippen MR) is 66.0 cm³/mol. The number of aliphatic hydroxyl groups is 1. The van der Waals surface area contributed by atoms with E-state index in [1.165, 1.54) is 15.6 Å². The van der Waals surface area contributed by atoms with Gasteiger partial charge in [0.15, 0.2) is 0 Å². The van der Waals surface area contributed by atoms with Crippen LogP contribution < -0.4 is 0 Å². The van der Waals surface area contributed by atoms with Crippen molar-refractivity contribution in [1.29, 1.82) is 0 Å².